The van der Waals surface area contributed by atoms with E-state index in [4.69, 9.17) is 4.74 Å². The molecule has 7 heteroatoms. The minimum Gasteiger partial charge on any atom is -0.508 e. The molecule has 1 aliphatic rings. The maximum atomic E-state index is 13.3. The highest BCUT2D eigenvalue weighted by molar-refractivity contribution is 6.46. The third-order valence-electron chi connectivity index (χ3n) is 6.03. The van der Waals surface area contributed by atoms with Gasteiger partial charge >= 0.3 is 0 Å². The van der Waals surface area contributed by atoms with Crippen LogP contribution < -0.4 is 4.74 Å². The van der Waals surface area contributed by atoms with Crippen LogP contribution in [0.2, 0.25) is 0 Å². The first-order valence-corrected chi connectivity index (χ1v) is 11.5. The highest BCUT2D eigenvalue weighted by Gasteiger charge is 2.46. The number of ketones is 1. The van der Waals surface area contributed by atoms with E-state index in [-0.39, 0.29) is 29.5 Å². The Balaban J connectivity index is 1.86. The van der Waals surface area contributed by atoms with Crippen LogP contribution in [0.1, 0.15) is 55.0 Å². The average Bonchev–Trinajstić information content (AvgIpc) is 3.10. The number of likely N-dealkylation sites (tertiary alicyclic amines) is 1. The Hall–Kier alpha value is -4.13. The molecule has 180 valence electrons. The van der Waals surface area contributed by atoms with Gasteiger partial charge in [-0.15, -0.1) is 0 Å². The summed E-state index contributed by atoms with van der Waals surface area (Å²) in [6.45, 7) is 6.59. The van der Waals surface area contributed by atoms with Gasteiger partial charge in [-0.1, -0.05) is 32.0 Å². The molecule has 0 aliphatic carbocycles. The second-order valence-electron chi connectivity index (χ2n) is 8.72. The number of Topliss-reactive ketones (excluding diaryl/α,β-unsaturated/α-hetero) is 1. The summed E-state index contributed by atoms with van der Waals surface area (Å²) >= 11 is 0. The number of hydrogen-bond acceptors (Lipinski definition) is 6. The molecule has 1 aromatic heterocycles. The van der Waals surface area contributed by atoms with E-state index in [1.165, 1.54) is 17.0 Å². The van der Waals surface area contributed by atoms with Gasteiger partial charge in [0, 0.05) is 24.5 Å². The molecule has 0 saturated carbocycles. The zero-order valence-electron chi connectivity index (χ0n) is 19.9. The van der Waals surface area contributed by atoms with Crippen molar-refractivity contribution in [3.63, 3.8) is 0 Å². The van der Waals surface area contributed by atoms with Crippen molar-refractivity contribution in [3.8, 4) is 11.5 Å². The first kappa shape index (κ1) is 24.0. The molecule has 2 N–H and O–H groups in total. The van der Waals surface area contributed by atoms with Crippen LogP contribution in [-0.2, 0) is 16.1 Å². The molecule has 35 heavy (non-hydrogen) atoms. The van der Waals surface area contributed by atoms with Crippen LogP contribution in [0.3, 0.4) is 0 Å². The molecule has 0 radical (unpaired) electrons. The lowest BCUT2D eigenvalue weighted by molar-refractivity contribution is -0.140. The number of pyridine rings is 1. The molecule has 1 aliphatic heterocycles. The van der Waals surface area contributed by atoms with Crippen LogP contribution in [0.5, 0.6) is 11.5 Å². The summed E-state index contributed by atoms with van der Waals surface area (Å²) in [7, 11) is 0. The predicted molar refractivity (Wildman–Crippen MR) is 132 cm³/mol. The molecule has 3 aromatic rings. The van der Waals surface area contributed by atoms with Gasteiger partial charge in [0.1, 0.15) is 17.3 Å². The molecule has 1 unspecified atom stereocenters. The smallest absolute Gasteiger partial charge is 0.295 e. The van der Waals surface area contributed by atoms with Crippen molar-refractivity contribution in [3.05, 3.63) is 94.8 Å². The Kier molecular flexibility index (Phi) is 6.87. The number of phenolic OH excluding ortho intramolecular Hbond substituents is 1. The predicted octanol–water partition coefficient (Wildman–Crippen LogP) is 4.93. The Bertz CT molecular complexity index is 1270. The normalized spacial score (nSPS) is 17.3. The monoisotopic (exact) mass is 472 g/mol. The average molecular weight is 473 g/mol. The molecule has 7 nitrogen and oxygen atoms in total. The van der Waals surface area contributed by atoms with Crippen LogP contribution in [0.15, 0.2) is 72.6 Å². The summed E-state index contributed by atoms with van der Waals surface area (Å²) in [4.78, 5) is 32.0. The van der Waals surface area contributed by atoms with Gasteiger partial charge in [0.05, 0.1) is 18.2 Å². The molecular formula is C28H28N2O5. The van der Waals surface area contributed by atoms with Crippen LogP contribution in [0.25, 0.3) is 5.76 Å². The maximum absolute atomic E-state index is 13.3. The lowest BCUT2D eigenvalue weighted by atomic mass is 9.93. The van der Waals surface area contributed by atoms with Gasteiger partial charge in [0.15, 0.2) is 0 Å². The molecule has 1 atom stereocenters. The Morgan fingerprint density at radius 3 is 2.49 bits per heavy atom. The molecule has 1 amide bonds. The number of benzene rings is 2. The van der Waals surface area contributed by atoms with Gasteiger partial charge in [-0.2, -0.15) is 0 Å². The number of carbonyl (C=O) groups excluding carboxylic acids is 2. The van der Waals surface area contributed by atoms with Crippen molar-refractivity contribution in [1.29, 1.82) is 0 Å². The van der Waals surface area contributed by atoms with E-state index in [2.05, 4.69) is 4.98 Å². The van der Waals surface area contributed by atoms with E-state index < -0.39 is 17.7 Å². The van der Waals surface area contributed by atoms with Crippen molar-refractivity contribution in [2.24, 2.45) is 0 Å². The molecular weight excluding hydrogens is 444 g/mol. The fraction of sp³-hybridized carbons (Fsp3) is 0.250. The number of rotatable bonds is 7. The van der Waals surface area contributed by atoms with E-state index in [1.54, 1.807) is 48.8 Å². The molecule has 2 heterocycles. The lowest BCUT2D eigenvalue weighted by Crippen LogP contribution is -2.29. The number of aromatic hydroxyl groups is 1. The fourth-order valence-corrected chi connectivity index (χ4v) is 4.32. The zero-order chi connectivity index (χ0) is 25.1. The fourth-order valence-electron chi connectivity index (χ4n) is 4.32. The standard InChI is InChI=1S/C28H28N2O5/c1-4-35-23-12-9-20(14-22(23)17(2)3)26(32)24-25(19-7-10-21(31)11-8-19)30(28(34)27(24)33)16-18-6-5-13-29-15-18/h5-15,17,25,31-32H,4,16H2,1-3H3/b26-24-. The molecule has 0 bridgehead atoms. The van der Waals surface area contributed by atoms with Crippen molar-refractivity contribution in [2.45, 2.75) is 39.3 Å². The number of aromatic nitrogens is 1. The maximum Gasteiger partial charge on any atom is 0.295 e. The number of nitrogens with zero attached hydrogens (tertiary/aromatic N) is 2. The number of amides is 1. The number of ether oxygens (including phenoxy) is 1. The van der Waals surface area contributed by atoms with Gasteiger partial charge in [0.2, 0.25) is 0 Å². The minimum atomic E-state index is -0.829. The highest BCUT2D eigenvalue weighted by Crippen LogP contribution is 2.41. The first-order chi connectivity index (χ1) is 16.8. The van der Waals surface area contributed by atoms with Gasteiger partial charge in [0.25, 0.3) is 11.7 Å². The summed E-state index contributed by atoms with van der Waals surface area (Å²) in [6, 6.07) is 14.3. The SMILES string of the molecule is CCOc1ccc(/C(O)=C2/C(=O)C(=O)N(Cc3cccnc3)C2c2ccc(O)cc2)cc1C(C)C. The quantitative estimate of drug-likeness (QED) is 0.287. The van der Waals surface area contributed by atoms with Gasteiger partial charge in [-0.3, -0.25) is 14.6 Å². The molecule has 1 saturated heterocycles. The third-order valence-corrected chi connectivity index (χ3v) is 6.03. The number of phenols is 1. The van der Waals surface area contributed by atoms with Crippen molar-refractivity contribution < 1.29 is 24.5 Å². The minimum absolute atomic E-state index is 0.00319. The number of aliphatic hydroxyl groups is 1. The lowest BCUT2D eigenvalue weighted by Gasteiger charge is -2.25. The summed E-state index contributed by atoms with van der Waals surface area (Å²) in [5.41, 5.74) is 2.68. The third kappa shape index (κ3) is 4.75. The van der Waals surface area contributed by atoms with Crippen molar-refractivity contribution >= 4 is 17.4 Å². The van der Waals surface area contributed by atoms with Crippen LogP contribution in [-0.4, -0.2) is 38.4 Å². The highest BCUT2D eigenvalue weighted by atomic mass is 16.5. The van der Waals surface area contributed by atoms with Gasteiger partial charge in [-0.25, -0.2) is 0 Å². The topological polar surface area (TPSA) is 100.0 Å². The van der Waals surface area contributed by atoms with Crippen LogP contribution >= 0.6 is 0 Å². The number of carbonyl (C=O) groups is 2. The van der Waals surface area contributed by atoms with E-state index in [1.807, 2.05) is 26.8 Å². The second kappa shape index (κ2) is 10.0. The Morgan fingerprint density at radius 1 is 1.11 bits per heavy atom. The summed E-state index contributed by atoms with van der Waals surface area (Å²) < 4.78 is 5.73. The second-order valence-corrected chi connectivity index (χ2v) is 8.72. The van der Waals surface area contributed by atoms with Crippen LogP contribution in [0, 0.1) is 0 Å². The van der Waals surface area contributed by atoms with Gasteiger partial charge in [-0.05, 0) is 65.9 Å². The molecule has 2 aromatic carbocycles. The molecule has 0 spiro atoms. The Morgan fingerprint density at radius 2 is 1.86 bits per heavy atom. The first-order valence-electron chi connectivity index (χ1n) is 11.5. The largest absolute Gasteiger partial charge is 0.508 e. The van der Waals surface area contributed by atoms with E-state index in [0.29, 0.717) is 23.5 Å². The van der Waals surface area contributed by atoms with E-state index >= 15 is 0 Å². The van der Waals surface area contributed by atoms with E-state index in [0.717, 1.165) is 11.1 Å². The molecule has 4 rings (SSSR count). The van der Waals surface area contributed by atoms with E-state index in [9.17, 15) is 19.8 Å². The molecule has 1 fully saturated rings. The van der Waals surface area contributed by atoms with Crippen molar-refractivity contribution in [1.82, 2.24) is 9.88 Å². The number of hydrogen-bond donors (Lipinski definition) is 2. The van der Waals surface area contributed by atoms with Crippen molar-refractivity contribution in [2.75, 3.05) is 6.61 Å². The Labute approximate surface area is 204 Å². The summed E-state index contributed by atoms with van der Waals surface area (Å²) in [5.74, 6) is -0.824. The number of aliphatic hydroxyl groups excluding tert-OH is 1. The van der Waals surface area contributed by atoms with Crippen LogP contribution in [0.4, 0.5) is 0 Å². The van der Waals surface area contributed by atoms with Gasteiger partial charge < -0.3 is 19.8 Å². The summed E-state index contributed by atoms with van der Waals surface area (Å²) in [6.07, 6.45) is 3.27. The zero-order valence-corrected chi connectivity index (χ0v) is 19.9. The summed E-state index contributed by atoms with van der Waals surface area (Å²) in [5, 5.41) is 21.2.